The second kappa shape index (κ2) is 6.89. The molecule has 0 unspecified atom stereocenters. The number of hydrogen-bond donors (Lipinski definition) is 0. The summed E-state index contributed by atoms with van der Waals surface area (Å²) in [6, 6.07) is 0. The predicted octanol–water partition coefficient (Wildman–Crippen LogP) is 0.181. The van der Waals surface area contributed by atoms with Crippen LogP contribution in [0, 0.1) is 12.3 Å². The fraction of sp³-hybridized carbons (Fsp3) is 0.778. The molecule has 0 aromatic rings. The van der Waals surface area contributed by atoms with Gasteiger partial charge in [0.25, 0.3) is 10.1 Å². The second-order valence-corrected chi connectivity index (χ2v) is 7.44. The lowest BCUT2D eigenvalue weighted by molar-refractivity contribution is 0.362. The van der Waals surface area contributed by atoms with Gasteiger partial charge in [-0.3, -0.25) is 4.18 Å². The summed E-state index contributed by atoms with van der Waals surface area (Å²) in [6.45, 7) is -0.258. The lowest BCUT2D eigenvalue weighted by Crippen LogP contribution is -2.11. The molecule has 0 N–H and O–H groups in total. The fourth-order valence-corrected chi connectivity index (χ4v) is 2.65. The Morgan fingerprint density at radius 3 is 2.12 bits per heavy atom. The Labute approximate surface area is 97.2 Å². The molecule has 94 valence electrons. The van der Waals surface area contributed by atoms with Crippen molar-refractivity contribution in [2.24, 2.45) is 0 Å². The molecule has 0 spiro atoms. The first-order valence-electron chi connectivity index (χ1n) is 4.75. The molecule has 16 heavy (non-hydrogen) atoms. The van der Waals surface area contributed by atoms with Crippen molar-refractivity contribution < 1.29 is 21.0 Å². The van der Waals surface area contributed by atoms with E-state index >= 15 is 0 Å². The van der Waals surface area contributed by atoms with E-state index in [0.717, 1.165) is 6.26 Å². The molecule has 0 aliphatic heterocycles. The Kier molecular flexibility index (Phi) is 6.64. The van der Waals surface area contributed by atoms with Gasteiger partial charge in [0.15, 0.2) is 0 Å². The molecule has 0 aliphatic carbocycles. The van der Waals surface area contributed by atoms with Crippen molar-refractivity contribution in [3.8, 4) is 12.3 Å². The zero-order chi connectivity index (χ0) is 12.7. The highest BCUT2D eigenvalue weighted by Gasteiger charge is 2.10. The molecule has 5 nitrogen and oxygen atoms in total. The van der Waals surface area contributed by atoms with Crippen LogP contribution in [0.3, 0.4) is 0 Å². The van der Waals surface area contributed by atoms with E-state index in [-0.39, 0.29) is 18.1 Å². The molecular weight excluding hydrogens is 252 g/mol. The van der Waals surface area contributed by atoms with E-state index in [0.29, 0.717) is 19.3 Å². The van der Waals surface area contributed by atoms with Gasteiger partial charge < -0.3 is 0 Å². The lowest BCUT2D eigenvalue weighted by atomic mass is 10.3. The molecule has 0 amide bonds. The minimum Gasteiger partial charge on any atom is -0.257 e. The zero-order valence-corrected chi connectivity index (χ0v) is 10.8. The van der Waals surface area contributed by atoms with Gasteiger partial charge in [-0.05, 0) is 12.8 Å². The highest BCUT2D eigenvalue weighted by atomic mass is 32.2. The van der Waals surface area contributed by atoms with Crippen molar-refractivity contribution in [3.63, 3.8) is 0 Å². The largest absolute Gasteiger partial charge is 0.268 e. The molecule has 0 radical (unpaired) electrons. The smallest absolute Gasteiger partial charge is 0.257 e. The molecule has 0 heterocycles. The van der Waals surface area contributed by atoms with Crippen LogP contribution >= 0.6 is 0 Å². The molecular formula is C9H16O5S2. The highest BCUT2D eigenvalue weighted by Crippen LogP contribution is 2.03. The lowest BCUT2D eigenvalue weighted by Gasteiger charge is -2.02. The van der Waals surface area contributed by atoms with Crippen molar-refractivity contribution >= 4 is 20.0 Å². The molecule has 0 aromatic heterocycles. The third-order valence-electron chi connectivity index (χ3n) is 1.73. The Morgan fingerprint density at radius 2 is 1.62 bits per heavy atom. The molecule has 0 aromatic carbocycles. The van der Waals surface area contributed by atoms with Gasteiger partial charge in [-0.15, -0.1) is 6.42 Å². The normalized spacial score (nSPS) is 12.2. The van der Waals surface area contributed by atoms with Crippen molar-refractivity contribution in [1.29, 1.82) is 0 Å². The van der Waals surface area contributed by atoms with E-state index < -0.39 is 20.0 Å². The quantitative estimate of drug-likeness (QED) is 0.356. The summed E-state index contributed by atoms with van der Waals surface area (Å²) < 4.78 is 48.2. The molecule has 0 rings (SSSR count). The first-order valence-corrected chi connectivity index (χ1v) is 8.39. The van der Waals surface area contributed by atoms with Crippen LogP contribution in [0.1, 0.15) is 19.3 Å². The third-order valence-corrected chi connectivity index (χ3v) is 4.03. The van der Waals surface area contributed by atoms with Crippen molar-refractivity contribution in [2.75, 3.05) is 24.4 Å². The topological polar surface area (TPSA) is 77.5 Å². The first-order chi connectivity index (χ1) is 7.27. The monoisotopic (exact) mass is 268 g/mol. The minimum atomic E-state index is -3.55. The summed E-state index contributed by atoms with van der Waals surface area (Å²) in [5, 5.41) is 0. The van der Waals surface area contributed by atoms with Gasteiger partial charge in [0.1, 0.15) is 16.4 Å². The predicted molar refractivity (Wildman–Crippen MR) is 62.1 cm³/mol. The van der Waals surface area contributed by atoms with Crippen LogP contribution in [-0.4, -0.2) is 41.2 Å². The van der Waals surface area contributed by atoms with E-state index in [4.69, 9.17) is 6.42 Å². The van der Waals surface area contributed by atoms with Crippen LogP contribution in [0.5, 0.6) is 0 Å². The first kappa shape index (κ1) is 15.4. The average Bonchev–Trinajstić information content (AvgIpc) is 2.12. The molecule has 7 heteroatoms. The van der Waals surface area contributed by atoms with Gasteiger partial charge in [-0.2, -0.15) is 8.42 Å². The molecule has 0 saturated heterocycles. The second-order valence-electron chi connectivity index (χ2n) is 3.42. The van der Waals surface area contributed by atoms with E-state index in [9.17, 15) is 16.8 Å². The van der Waals surface area contributed by atoms with Crippen LogP contribution in [0.2, 0.25) is 0 Å². The summed E-state index contributed by atoms with van der Waals surface area (Å²) in [5.74, 6) is 2.02. The molecule has 0 saturated carbocycles. The van der Waals surface area contributed by atoms with Crippen molar-refractivity contribution in [1.82, 2.24) is 0 Å². The number of unbranched alkanes of at least 4 members (excludes halogenated alkanes) is 2. The number of hydrogen-bond acceptors (Lipinski definition) is 5. The van der Waals surface area contributed by atoms with Gasteiger partial charge in [0.05, 0.1) is 5.75 Å². The Morgan fingerprint density at radius 1 is 1.06 bits per heavy atom. The standard InChI is InChI=1S/C9H16O5S2/c1-3-7-14-16(12,13)9-6-4-5-8-15(2,10)11/h1H,4-9H2,2H3. The fourth-order valence-electron chi connectivity index (χ4n) is 1.00. The number of sulfone groups is 1. The van der Waals surface area contributed by atoms with E-state index in [2.05, 4.69) is 10.1 Å². The Balaban J connectivity index is 3.71. The molecule has 0 aliphatic rings. The van der Waals surface area contributed by atoms with Crippen molar-refractivity contribution in [2.45, 2.75) is 19.3 Å². The number of rotatable bonds is 8. The summed E-state index contributed by atoms with van der Waals surface area (Å²) in [6.07, 6.45) is 7.38. The van der Waals surface area contributed by atoms with Crippen LogP contribution in [0.4, 0.5) is 0 Å². The van der Waals surface area contributed by atoms with Gasteiger partial charge in [-0.25, -0.2) is 8.42 Å². The van der Waals surface area contributed by atoms with Crippen LogP contribution < -0.4 is 0 Å². The average molecular weight is 268 g/mol. The van der Waals surface area contributed by atoms with Gasteiger partial charge in [-0.1, -0.05) is 12.3 Å². The summed E-state index contributed by atoms with van der Waals surface area (Å²) in [7, 11) is -6.51. The Bertz CT molecular complexity index is 427. The minimum absolute atomic E-state index is 0.0816. The summed E-state index contributed by atoms with van der Waals surface area (Å²) in [5.41, 5.74) is 0. The highest BCUT2D eigenvalue weighted by molar-refractivity contribution is 7.90. The maximum Gasteiger partial charge on any atom is 0.268 e. The zero-order valence-electron chi connectivity index (χ0n) is 9.18. The van der Waals surface area contributed by atoms with E-state index in [1.54, 1.807) is 0 Å². The summed E-state index contributed by atoms with van der Waals surface area (Å²) >= 11 is 0. The van der Waals surface area contributed by atoms with E-state index in [1.807, 2.05) is 0 Å². The van der Waals surface area contributed by atoms with Crippen LogP contribution in [0.25, 0.3) is 0 Å². The maximum atomic E-state index is 11.1. The van der Waals surface area contributed by atoms with Gasteiger partial charge in [0.2, 0.25) is 0 Å². The molecule has 0 bridgehead atoms. The molecule has 0 atom stereocenters. The van der Waals surface area contributed by atoms with E-state index in [1.165, 1.54) is 0 Å². The third kappa shape index (κ3) is 9.96. The Hall–Kier alpha value is -0.580. The maximum absolute atomic E-state index is 11.1. The number of terminal acetylenes is 1. The van der Waals surface area contributed by atoms with Crippen molar-refractivity contribution in [3.05, 3.63) is 0 Å². The van der Waals surface area contributed by atoms with Crippen LogP contribution in [0.15, 0.2) is 0 Å². The molecule has 0 fully saturated rings. The van der Waals surface area contributed by atoms with Crippen LogP contribution in [-0.2, 0) is 24.1 Å². The SMILES string of the molecule is C#CCOS(=O)(=O)CCCCCS(C)(=O)=O. The van der Waals surface area contributed by atoms with Gasteiger partial charge >= 0.3 is 0 Å². The van der Waals surface area contributed by atoms with Gasteiger partial charge in [0, 0.05) is 12.0 Å². The summed E-state index contributed by atoms with van der Waals surface area (Å²) in [4.78, 5) is 0.